The van der Waals surface area contributed by atoms with Gasteiger partial charge in [0, 0.05) is 42.4 Å². The molecule has 2 aliphatic rings. The van der Waals surface area contributed by atoms with Crippen molar-refractivity contribution in [1.29, 1.82) is 0 Å². The molecule has 8 nitrogen and oxygen atoms in total. The Morgan fingerprint density at radius 2 is 1.77 bits per heavy atom. The second-order valence-corrected chi connectivity index (χ2v) is 11.5. The summed E-state index contributed by atoms with van der Waals surface area (Å²) >= 11 is 0. The third-order valence-electron chi connectivity index (χ3n) is 7.70. The van der Waals surface area contributed by atoms with Crippen LogP contribution in [0.4, 0.5) is 35.0 Å². The van der Waals surface area contributed by atoms with Gasteiger partial charge in [-0.05, 0) is 65.8 Å². The number of nitrogens with zero attached hydrogens (tertiary/aromatic N) is 4. The summed E-state index contributed by atoms with van der Waals surface area (Å²) in [4.78, 5) is 12.6. The first-order valence-corrected chi connectivity index (χ1v) is 13.2. The number of piperidine rings is 1. The average molecular weight is 555 g/mol. The number of hydrogen-bond donors (Lipinski definition) is 2. The van der Waals surface area contributed by atoms with E-state index in [1.165, 1.54) is 12.1 Å². The van der Waals surface area contributed by atoms with E-state index in [4.69, 9.17) is 9.47 Å². The van der Waals surface area contributed by atoms with Gasteiger partial charge in [-0.1, -0.05) is 0 Å². The van der Waals surface area contributed by atoms with Crippen molar-refractivity contribution in [2.24, 2.45) is 0 Å². The molecule has 0 saturated carbocycles. The minimum absolute atomic E-state index is 0.00719. The number of ether oxygens (including phenoxy) is 2. The second-order valence-electron chi connectivity index (χ2n) is 11.5. The maximum absolute atomic E-state index is 14.7. The van der Waals surface area contributed by atoms with Crippen LogP contribution in [-0.2, 0) is 10.9 Å². The number of morpholine rings is 1. The molecule has 0 bridgehead atoms. The fraction of sp³-hybridized carbons (Fsp3) is 0.630. The monoisotopic (exact) mass is 554 g/mol. The Morgan fingerprint density at radius 3 is 2.41 bits per heavy atom. The van der Waals surface area contributed by atoms with E-state index in [2.05, 4.69) is 65.1 Å². The molecule has 0 aliphatic carbocycles. The number of anilines is 3. The fourth-order valence-electron chi connectivity index (χ4n) is 5.39. The van der Waals surface area contributed by atoms with Crippen molar-refractivity contribution in [3.8, 4) is 5.75 Å². The Hall–Kier alpha value is -2.70. The molecule has 39 heavy (non-hydrogen) atoms. The fourth-order valence-corrected chi connectivity index (χ4v) is 5.39. The quantitative estimate of drug-likeness (QED) is 0.434. The maximum Gasteiger partial charge on any atom is 0.420 e. The van der Waals surface area contributed by atoms with Crippen molar-refractivity contribution >= 4 is 17.5 Å². The van der Waals surface area contributed by atoms with Gasteiger partial charge >= 0.3 is 6.18 Å². The zero-order chi connectivity index (χ0) is 28.4. The summed E-state index contributed by atoms with van der Waals surface area (Å²) in [6.07, 6.45) is -2.09. The first-order valence-electron chi connectivity index (χ1n) is 13.2. The topological polar surface area (TPSA) is 74.8 Å². The van der Waals surface area contributed by atoms with Crippen molar-refractivity contribution in [1.82, 2.24) is 19.8 Å². The highest BCUT2D eigenvalue weighted by atomic mass is 19.4. The summed E-state index contributed by atoms with van der Waals surface area (Å²) in [6.45, 7) is 11.8. The number of halogens is 4. The number of likely N-dealkylation sites (tertiary alicyclic amines) is 1. The van der Waals surface area contributed by atoms with Crippen LogP contribution in [0.1, 0.15) is 46.1 Å². The highest BCUT2D eigenvalue weighted by Crippen LogP contribution is 2.39. The molecule has 2 aromatic rings. The van der Waals surface area contributed by atoms with E-state index in [-0.39, 0.29) is 46.9 Å². The van der Waals surface area contributed by atoms with E-state index in [0.29, 0.717) is 19.8 Å². The molecule has 0 spiro atoms. The number of nitrogens with one attached hydrogen (secondary N) is 2. The molecule has 2 aliphatic heterocycles. The molecule has 0 radical (unpaired) electrons. The third-order valence-corrected chi connectivity index (χ3v) is 7.70. The lowest BCUT2D eigenvalue weighted by Gasteiger charge is -2.53. The molecule has 0 unspecified atom stereocenters. The molecule has 2 fully saturated rings. The SMILES string of the molecule is CN1C(C)(C)CC(Nc2nc(Nc3ccc(OCCN4CCOCC4)c(C(F)(F)F)c3)ncc2F)CC1(C)C. The van der Waals surface area contributed by atoms with E-state index < -0.39 is 17.6 Å². The number of aromatic nitrogens is 2. The molecule has 1 aromatic heterocycles. The minimum atomic E-state index is -4.63. The van der Waals surface area contributed by atoms with Crippen molar-refractivity contribution in [3.63, 3.8) is 0 Å². The van der Waals surface area contributed by atoms with Crippen LogP contribution in [0.5, 0.6) is 5.75 Å². The molecule has 4 rings (SSSR count). The number of rotatable bonds is 8. The number of alkyl halides is 3. The molecule has 2 saturated heterocycles. The van der Waals surface area contributed by atoms with E-state index in [1.807, 2.05) is 0 Å². The maximum atomic E-state index is 14.7. The normalized spacial score (nSPS) is 20.5. The molecule has 2 N–H and O–H groups in total. The van der Waals surface area contributed by atoms with E-state index in [9.17, 15) is 17.6 Å². The van der Waals surface area contributed by atoms with Gasteiger partial charge < -0.3 is 20.1 Å². The zero-order valence-corrected chi connectivity index (χ0v) is 23.2. The van der Waals surface area contributed by atoms with Crippen LogP contribution in [0.3, 0.4) is 0 Å². The van der Waals surface area contributed by atoms with E-state index in [0.717, 1.165) is 38.2 Å². The molecule has 0 atom stereocenters. The lowest BCUT2D eigenvalue weighted by atomic mass is 9.77. The van der Waals surface area contributed by atoms with Crippen molar-refractivity contribution in [2.45, 2.75) is 63.8 Å². The third kappa shape index (κ3) is 7.29. The first kappa shape index (κ1) is 29.3. The van der Waals surface area contributed by atoms with Crippen LogP contribution in [0.2, 0.25) is 0 Å². The summed E-state index contributed by atoms with van der Waals surface area (Å²) in [7, 11) is 2.08. The summed E-state index contributed by atoms with van der Waals surface area (Å²) < 4.78 is 67.0. The van der Waals surface area contributed by atoms with Crippen LogP contribution >= 0.6 is 0 Å². The van der Waals surface area contributed by atoms with Gasteiger partial charge in [-0.2, -0.15) is 18.2 Å². The highest BCUT2D eigenvalue weighted by molar-refractivity contribution is 5.59. The molecule has 216 valence electrons. The Bertz CT molecular complexity index is 1120. The molecule has 3 heterocycles. The smallest absolute Gasteiger partial charge is 0.420 e. The lowest BCUT2D eigenvalue weighted by molar-refractivity contribution is -0.138. The molecular weight excluding hydrogens is 516 g/mol. The molecular formula is C27H38F4N6O2. The summed E-state index contributed by atoms with van der Waals surface area (Å²) in [5, 5.41) is 5.98. The van der Waals surface area contributed by atoms with Gasteiger partial charge in [-0.15, -0.1) is 0 Å². The van der Waals surface area contributed by atoms with Crippen LogP contribution in [0.15, 0.2) is 24.4 Å². The standard InChI is InChI=1S/C27H38F4N6O2/c1-25(2)15-19(16-26(3,4)36(25)5)33-23-21(28)17-32-24(35-23)34-18-6-7-22(20(14-18)27(29,30)31)39-13-10-37-8-11-38-12-9-37/h6-7,14,17,19H,8-13,15-16H2,1-5H3,(H2,32,33,34,35). The van der Waals surface area contributed by atoms with Crippen molar-refractivity contribution < 1.29 is 27.0 Å². The number of hydrogen-bond acceptors (Lipinski definition) is 8. The van der Waals surface area contributed by atoms with Crippen LogP contribution in [-0.4, -0.2) is 83.4 Å². The average Bonchev–Trinajstić information content (AvgIpc) is 2.85. The van der Waals surface area contributed by atoms with Crippen LogP contribution < -0.4 is 15.4 Å². The largest absolute Gasteiger partial charge is 0.492 e. The van der Waals surface area contributed by atoms with Gasteiger partial charge in [0.1, 0.15) is 12.4 Å². The van der Waals surface area contributed by atoms with Gasteiger partial charge in [0.15, 0.2) is 11.6 Å². The Labute approximate surface area is 227 Å². The molecule has 1 aromatic carbocycles. The van der Waals surface area contributed by atoms with Crippen molar-refractivity contribution in [2.75, 3.05) is 57.1 Å². The molecule has 0 amide bonds. The van der Waals surface area contributed by atoms with Gasteiger partial charge in [0.25, 0.3) is 0 Å². The Kier molecular flexibility index (Phi) is 8.58. The summed E-state index contributed by atoms with van der Waals surface area (Å²) in [6, 6.07) is 3.64. The lowest BCUT2D eigenvalue weighted by Crippen LogP contribution is -2.61. The predicted octanol–water partition coefficient (Wildman–Crippen LogP) is 5.15. The van der Waals surface area contributed by atoms with Crippen LogP contribution in [0, 0.1) is 5.82 Å². The summed E-state index contributed by atoms with van der Waals surface area (Å²) in [5.74, 6) is -0.890. The Balaban J connectivity index is 1.46. The van der Waals surface area contributed by atoms with E-state index in [1.54, 1.807) is 0 Å². The summed E-state index contributed by atoms with van der Waals surface area (Å²) in [5.41, 5.74) is -1.04. The second kappa shape index (κ2) is 11.4. The molecule has 12 heteroatoms. The highest BCUT2D eigenvalue weighted by Gasteiger charge is 2.43. The van der Waals surface area contributed by atoms with Gasteiger partial charge in [0.2, 0.25) is 5.95 Å². The minimum Gasteiger partial charge on any atom is -0.492 e. The van der Waals surface area contributed by atoms with Crippen LogP contribution in [0.25, 0.3) is 0 Å². The van der Waals surface area contributed by atoms with Gasteiger partial charge in [-0.25, -0.2) is 9.37 Å². The van der Waals surface area contributed by atoms with Gasteiger partial charge in [-0.3, -0.25) is 9.80 Å². The zero-order valence-electron chi connectivity index (χ0n) is 23.2. The van der Waals surface area contributed by atoms with Crippen molar-refractivity contribution in [3.05, 3.63) is 35.8 Å². The van der Waals surface area contributed by atoms with E-state index >= 15 is 0 Å². The first-order chi connectivity index (χ1) is 18.2. The predicted molar refractivity (Wildman–Crippen MR) is 142 cm³/mol. The Morgan fingerprint density at radius 1 is 1.10 bits per heavy atom. The number of benzene rings is 1. The van der Waals surface area contributed by atoms with Gasteiger partial charge in [0.05, 0.1) is 25.0 Å².